The molecule has 0 N–H and O–H groups in total. The molecule has 1 aliphatic rings. The minimum absolute atomic E-state index is 0.184. The molecule has 2 aromatic carbocycles. The van der Waals surface area contributed by atoms with Gasteiger partial charge in [0, 0.05) is 33.1 Å². The molecule has 1 fully saturated rings. The molecule has 1 aliphatic heterocycles. The van der Waals surface area contributed by atoms with Crippen molar-refractivity contribution in [2.45, 2.75) is 32.1 Å². The molecule has 0 spiro atoms. The number of piperidine rings is 1. The molecule has 1 heterocycles. The summed E-state index contributed by atoms with van der Waals surface area (Å²) in [6.07, 6.45) is 4.56. The average Bonchev–Trinajstić information content (AvgIpc) is 2.77. The molecule has 3 rings (SSSR count). The van der Waals surface area contributed by atoms with Gasteiger partial charge in [0.25, 0.3) is 0 Å². The van der Waals surface area contributed by atoms with Crippen LogP contribution in [0.3, 0.4) is 0 Å². The molecule has 1 saturated heterocycles. The molecular weight excluding hydrogens is 379 g/mol. The lowest BCUT2D eigenvalue weighted by Crippen LogP contribution is -2.42. The van der Waals surface area contributed by atoms with Crippen LogP contribution in [-0.4, -0.2) is 56.0 Å². The van der Waals surface area contributed by atoms with E-state index in [-0.39, 0.29) is 11.7 Å². The first-order valence-electron chi connectivity index (χ1n) is 10.9. The SMILES string of the molecule is COc1ccc(CCC(=O)N(C)CC2CCCN(CCc3ccc(F)cc3)C2)cc1. The zero-order chi connectivity index (χ0) is 21.3. The van der Waals surface area contributed by atoms with Gasteiger partial charge < -0.3 is 14.5 Å². The Kier molecular flexibility index (Phi) is 8.26. The Morgan fingerprint density at radius 3 is 2.47 bits per heavy atom. The van der Waals surface area contributed by atoms with Crippen LogP contribution in [0.1, 0.15) is 30.4 Å². The van der Waals surface area contributed by atoms with Gasteiger partial charge >= 0.3 is 0 Å². The van der Waals surface area contributed by atoms with Gasteiger partial charge in [-0.25, -0.2) is 4.39 Å². The van der Waals surface area contributed by atoms with E-state index in [9.17, 15) is 9.18 Å². The number of carbonyl (C=O) groups excluding carboxylic acids is 1. The van der Waals surface area contributed by atoms with Crippen LogP contribution in [0, 0.1) is 11.7 Å². The summed E-state index contributed by atoms with van der Waals surface area (Å²) in [5.74, 6) is 1.37. The van der Waals surface area contributed by atoms with Gasteiger partial charge in [-0.1, -0.05) is 24.3 Å². The fourth-order valence-corrected chi connectivity index (χ4v) is 4.17. The molecule has 5 heteroatoms. The van der Waals surface area contributed by atoms with E-state index >= 15 is 0 Å². The fourth-order valence-electron chi connectivity index (χ4n) is 4.17. The highest BCUT2D eigenvalue weighted by Crippen LogP contribution is 2.19. The molecule has 0 aliphatic carbocycles. The molecule has 4 nitrogen and oxygen atoms in total. The van der Waals surface area contributed by atoms with Crippen molar-refractivity contribution in [3.63, 3.8) is 0 Å². The smallest absolute Gasteiger partial charge is 0.222 e. The van der Waals surface area contributed by atoms with E-state index < -0.39 is 0 Å². The summed E-state index contributed by atoms with van der Waals surface area (Å²) in [6, 6.07) is 14.7. The third kappa shape index (κ3) is 6.84. The minimum atomic E-state index is -0.184. The monoisotopic (exact) mass is 412 g/mol. The van der Waals surface area contributed by atoms with E-state index in [1.807, 2.05) is 48.3 Å². The van der Waals surface area contributed by atoms with Crippen LogP contribution in [0.15, 0.2) is 48.5 Å². The Bertz CT molecular complexity index is 792. The fraction of sp³-hybridized carbons (Fsp3) is 0.480. The van der Waals surface area contributed by atoms with Gasteiger partial charge in [0.1, 0.15) is 11.6 Å². The van der Waals surface area contributed by atoms with Crippen LogP contribution in [-0.2, 0) is 17.6 Å². The summed E-state index contributed by atoms with van der Waals surface area (Å²) >= 11 is 0. The van der Waals surface area contributed by atoms with Crippen LogP contribution >= 0.6 is 0 Å². The van der Waals surface area contributed by atoms with Gasteiger partial charge in [0.15, 0.2) is 0 Å². The van der Waals surface area contributed by atoms with Crippen molar-refractivity contribution in [3.05, 3.63) is 65.5 Å². The normalized spacial score (nSPS) is 17.0. The number of carbonyl (C=O) groups is 1. The van der Waals surface area contributed by atoms with E-state index in [0.717, 1.165) is 50.3 Å². The number of ether oxygens (including phenoxy) is 1. The number of likely N-dealkylation sites (tertiary alicyclic amines) is 1. The van der Waals surface area contributed by atoms with Gasteiger partial charge in [-0.3, -0.25) is 4.79 Å². The maximum absolute atomic E-state index is 13.1. The van der Waals surface area contributed by atoms with Crippen molar-refractivity contribution < 1.29 is 13.9 Å². The number of halogens is 1. The Morgan fingerprint density at radius 2 is 1.77 bits per heavy atom. The number of benzene rings is 2. The summed E-state index contributed by atoms with van der Waals surface area (Å²) < 4.78 is 18.2. The maximum Gasteiger partial charge on any atom is 0.222 e. The van der Waals surface area contributed by atoms with Crippen LogP contribution in [0.25, 0.3) is 0 Å². The standard InChI is InChI=1S/C25H33FN2O2/c1-27(25(29)14-9-20-7-12-24(30-2)13-8-20)18-22-4-3-16-28(19-22)17-15-21-5-10-23(26)11-6-21/h5-8,10-13,22H,3-4,9,14-19H2,1-2H3. The van der Waals surface area contributed by atoms with Gasteiger partial charge in [0.2, 0.25) is 5.91 Å². The first-order valence-corrected chi connectivity index (χ1v) is 10.9. The quantitative estimate of drug-likeness (QED) is 0.619. The number of aryl methyl sites for hydroxylation is 1. The molecular formula is C25H33FN2O2. The largest absolute Gasteiger partial charge is 0.497 e. The van der Waals surface area contributed by atoms with Crippen LogP contribution < -0.4 is 4.74 Å². The molecule has 30 heavy (non-hydrogen) atoms. The molecule has 2 aromatic rings. The molecule has 162 valence electrons. The number of amides is 1. The van der Waals surface area contributed by atoms with Crippen molar-refractivity contribution in [1.82, 2.24) is 9.80 Å². The van der Waals surface area contributed by atoms with E-state index in [2.05, 4.69) is 4.90 Å². The highest BCUT2D eigenvalue weighted by molar-refractivity contribution is 5.76. The third-order valence-corrected chi connectivity index (χ3v) is 5.98. The van der Waals surface area contributed by atoms with E-state index in [0.29, 0.717) is 12.3 Å². The van der Waals surface area contributed by atoms with E-state index in [4.69, 9.17) is 4.74 Å². The number of methoxy groups -OCH3 is 1. The number of nitrogens with zero attached hydrogens (tertiary/aromatic N) is 2. The lowest BCUT2D eigenvalue weighted by atomic mass is 9.97. The van der Waals surface area contributed by atoms with Gasteiger partial charge in [-0.2, -0.15) is 0 Å². The average molecular weight is 413 g/mol. The lowest BCUT2D eigenvalue weighted by molar-refractivity contribution is -0.130. The van der Waals surface area contributed by atoms with E-state index in [1.165, 1.54) is 30.5 Å². The number of rotatable bonds is 9. The van der Waals surface area contributed by atoms with Crippen molar-refractivity contribution in [3.8, 4) is 5.75 Å². The molecule has 1 amide bonds. The first-order chi connectivity index (χ1) is 14.5. The van der Waals surface area contributed by atoms with Crippen molar-refractivity contribution >= 4 is 5.91 Å². The van der Waals surface area contributed by atoms with Gasteiger partial charge in [-0.15, -0.1) is 0 Å². The Hall–Kier alpha value is -2.40. The topological polar surface area (TPSA) is 32.8 Å². The Balaban J connectivity index is 1.40. The van der Waals surface area contributed by atoms with E-state index in [1.54, 1.807) is 7.11 Å². The molecule has 0 radical (unpaired) electrons. The minimum Gasteiger partial charge on any atom is -0.497 e. The highest BCUT2D eigenvalue weighted by atomic mass is 19.1. The second-order valence-electron chi connectivity index (χ2n) is 8.31. The zero-order valence-corrected chi connectivity index (χ0v) is 18.1. The molecule has 1 unspecified atom stereocenters. The number of hydrogen-bond acceptors (Lipinski definition) is 3. The first kappa shape index (κ1) is 22.3. The van der Waals surface area contributed by atoms with Crippen molar-refractivity contribution in [2.75, 3.05) is 40.3 Å². The maximum atomic E-state index is 13.1. The van der Waals surface area contributed by atoms with Crippen molar-refractivity contribution in [2.24, 2.45) is 5.92 Å². The van der Waals surface area contributed by atoms with Crippen molar-refractivity contribution in [1.29, 1.82) is 0 Å². The Labute approximate surface area is 179 Å². The summed E-state index contributed by atoms with van der Waals surface area (Å²) in [7, 11) is 3.58. The molecule has 1 atom stereocenters. The predicted molar refractivity (Wildman–Crippen MR) is 118 cm³/mol. The van der Waals surface area contributed by atoms with Crippen LogP contribution in [0.4, 0.5) is 4.39 Å². The Morgan fingerprint density at radius 1 is 1.10 bits per heavy atom. The number of hydrogen-bond donors (Lipinski definition) is 0. The van der Waals surface area contributed by atoms with Gasteiger partial charge in [0.05, 0.1) is 7.11 Å². The second kappa shape index (κ2) is 11.1. The molecule has 0 aromatic heterocycles. The highest BCUT2D eigenvalue weighted by Gasteiger charge is 2.22. The lowest BCUT2D eigenvalue weighted by Gasteiger charge is -2.34. The van der Waals surface area contributed by atoms with Gasteiger partial charge in [-0.05, 0) is 73.5 Å². The summed E-state index contributed by atoms with van der Waals surface area (Å²) in [5.41, 5.74) is 2.33. The third-order valence-electron chi connectivity index (χ3n) is 5.98. The summed E-state index contributed by atoms with van der Waals surface area (Å²) in [5, 5.41) is 0. The second-order valence-corrected chi connectivity index (χ2v) is 8.31. The summed E-state index contributed by atoms with van der Waals surface area (Å²) in [4.78, 5) is 17.0. The zero-order valence-electron chi connectivity index (χ0n) is 18.1. The molecule has 0 saturated carbocycles. The van der Waals surface area contributed by atoms with Crippen LogP contribution in [0.5, 0.6) is 5.75 Å². The molecule has 0 bridgehead atoms. The predicted octanol–water partition coefficient (Wildman–Crippen LogP) is 4.18. The summed E-state index contributed by atoms with van der Waals surface area (Å²) in [6.45, 7) is 3.93. The van der Waals surface area contributed by atoms with Crippen LogP contribution in [0.2, 0.25) is 0 Å².